The molecule has 0 spiro atoms. The maximum Gasteiger partial charge on any atom is 0.207 e. The number of benzene rings is 1. The number of anilines is 1. The van der Waals surface area contributed by atoms with E-state index in [0.29, 0.717) is 27.3 Å². The Bertz CT molecular complexity index is 826. The van der Waals surface area contributed by atoms with E-state index in [9.17, 15) is 4.39 Å². The molecule has 0 aliphatic rings. The zero-order valence-electron chi connectivity index (χ0n) is 11.0. The molecule has 0 fully saturated rings. The Morgan fingerprint density at radius 1 is 1.20 bits per heavy atom. The van der Waals surface area contributed by atoms with Crippen molar-refractivity contribution in [2.45, 2.75) is 13.8 Å². The first-order valence-corrected chi connectivity index (χ1v) is 6.84. The molecule has 0 saturated heterocycles. The quantitative estimate of drug-likeness (QED) is 0.740. The molecule has 0 aliphatic carbocycles. The number of halogens is 2. The second kappa shape index (κ2) is 4.56. The molecule has 2 heterocycles. The molecule has 102 valence electrons. The molecule has 2 N–H and O–H groups in total. The molecule has 20 heavy (non-hydrogen) atoms. The third kappa shape index (κ3) is 1.96. The van der Waals surface area contributed by atoms with Gasteiger partial charge in [0.25, 0.3) is 0 Å². The van der Waals surface area contributed by atoms with Crippen LogP contribution >= 0.6 is 15.9 Å². The highest BCUT2D eigenvalue weighted by molar-refractivity contribution is 9.10. The monoisotopic (exact) mass is 334 g/mol. The van der Waals surface area contributed by atoms with Crippen molar-refractivity contribution in [3.8, 4) is 5.69 Å². The Morgan fingerprint density at radius 2 is 1.95 bits per heavy atom. The SMILES string of the molecule is Cc1ccc2nc(N)n(-c3cc(F)c(Br)cc3C)c2n1. The molecule has 0 unspecified atom stereocenters. The topological polar surface area (TPSA) is 56.7 Å². The summed E-state index contributed by atoms with van der Waals surface area (Å²) >= 11 is 3.18. The number of pyridine rings is 1. The Morgan fingerprint density at radius 3 is 2.70 bits per heavy atom. The van der Waals surface area contributed by atoms with Gasteiger partial charge in [0.2, 0.25) is 5.95 Å². The zero-order valence-corrected chi connectivity index (χ0v) is 12.6. The molecule has 3 aromatic rings. The number of rotatable bonds is 1. The number of hydrogen-bond donors (Lipinski definition) is 1. The largest absolute Gasteiger partial charge is 0.369 e. The standard InChI is InChI=1S/C14H12BrFN4/c1-7-5-9(15)10(16)6-12(7)20-13-11(19-14(20)17)4-3-8(2)18-13/h3-6H,1-2H3,(H2,17,19). The summed E-state index contributed by atoms with van der Waals surface area (Å²) in [6.45, 7) is 3.78. The van der Waals surface area contributed by atoms with Gasteiger partial charge in [0.1, 0.15) is 11.3 Å². The molecule has 0 bridgehead atoms. The first-order valence-electron chi connectivity index (χ1n) is 6.05. The Balaban J connectivity index is 2.37. The van der Waals surface area contributed by atoms with Gasteiger partial charge in [-0.2, -0.15) is 0 Å². The van der Waals surface area contributed by atoms with Crippen molar-refractivity contribution in [3.63, 3.8) is 0 Å². The number of imidazole rings is 1. The highest BCUT2D eigenvalue weighted by Gasteiger charge is 2.15. The predicted molar refractivity (Wildman–Crippen MR) is 80.4 cm³/mol. The third-order valence-corrected chi connectivity index (χ3v) is 3.76. The van der Waals surface area contributed by atoms with E-state index in [1.165, 1.54) is 6.07 Å². The fourth-order valence-electron chi connectivity index (χ4n) is 2.18. The molecule has 6 heteroatoms. The van der Waals surface area contributed by atoms with Crippen LogP contribution in [0.25, 0.3) is 16.9 Å². The number of aryl methyl sites for hydroxylation is 2. The minimum absolute atomic E-state index is 0.294. The van der Waals surface area contributed by atoms with Gasteiger partial charge in [0.15, 0.2) is 5.65 Å². The van der Waals surface area contributed by atoms with Gasteiger partial charge >= 0.3 is 0 Å². The summed E-state index contributed by atoms with van der Waals surface area (Å²) in [5, 5.41) is 0. The van der Waals surface area contributed by atoms with E-state index in [2.05, 4.69) is 25.9 Å². The van der Waals surface area contributed by atoms with Crippen LogP contribution in [0.15, 0.2) is 28.7 Å². The van der Waals surface area contributed by atoms with E-state index in [1.807, 2.05) is 26.0 Å². The highest BCUT2D eigenvalue weighted by Crippen LogP contribution is 2.28. The number of hydrogen-bond acceptors (Lipinski definition) is 3. The molecule has 0 amide bonds. The van der Waals surface area contributed by atoms with Crippen LogP contribution < -0.4 is 5.73 Å². The second-order valence-electron chi connectivity index (χ2n) is 4.65. The first kappa shape index (κ1) is 13.1. The van der Waals surface area contributed by atoms with Gasteiger partial charge in [-0.1, -0.05) is 0 Å². The zero-order chi connectivity index (χ0) is 14.4. The Hall–Kier alpha value is -1.95. The van der Waals surface area contributed by atoms with Crippen molar-refractivity contribution in [3.05, 3.63) is 45.8 Å². The lowest BCUT2D eigenvalue weighted by Gasteiger charge is -2.10. The summed E-state index contributed by atoms with van der Waals surface area (Å²) in [5.74, 6) is -0.0533. The minimum atomic E-state index is -0.348. The van der Waals surface area contributed by atoms with Gasteiger partial charge in [-0.3, -0.25) is 4.57 Å². The van der Waals surface area contributed by atoms with Crippen molar-refractivity contribution in [1.82, 2.24) is 14.5 Å². The number of nitrogens with zero attached hydrogens (tertiary/aromatic N) is 3. The van der Waals surface area contributed by atoms with E-state index in [-0.39, 0.29) is 5.82 Å². The normalized spacial score (nSPS) is 11.2. The van der Waals surface area contributed by atoms with E-state index >= 15 is 0 Å². The minimum Gasteiger partial charge on any atom is -0.369 e. The van der Waals surface area contributed by atoms with Crippen LogP contribution in [0.1, 0.15) is 11.3 Å². The molecule has 0 aliphatic heterocycles. The fraction of sp³-hybridized carbons (Fsp3) is 0.143. The van der Waals surface area contributed by atoms with Crippen LogP contribution in [0.4, 0.5) is 10.3 Å². The van der Waals surface area contributed by atoms with Crippen molar-refractivity contribution < 1.29 is 4.39 Å². The molecule has 0 atom stereocenters. The van der Waals surface area contributed by atoms with Crippen molar-refractivity contribution in [2.24, 2.45) is 0 Å². The number of fused-ring (bicyclic) bond motifs is 1. The molecule has 2 aromatic heterocycles. The van der Waals surface area contributed by atoms with E-state index < -0.39 is 0 Å². The van der Waals surface area contributed by atoms with Crippen LogP contribution in [0.5, 0.6) is 0 Å². The maximum atomic E-state index is 13.8. The van der Waals surface area contributed by atoms with Gasteiger partial charge in [0.05, 0.1) is 10.2 Å². The smallest absolute Gasteiger partial charge is 0.207 e. The molecule has 0 radical (unpaired) electrons. The molecule has 4 nitrogen and oxygen atoms in total. The van der Waals surface area contributed by atoms with Crippen LogP contribution in [0.2, 0.25) is 0 Å². The molecule has 0 saturated carbocycles. The summed E-state index contributed by atoms with van der Waals surface area (Å²) in [6, 6.07) is 6.87. The third-order valence-electron chi connectivity index (χ3n) is 3.15. The fourth-order valence-corrected chi connectivity index (χ4v) is 2.64. The highest BCUT2D eigenvalue weighted by atomic mass is 79.9. The average Bonchev–Trinajstić information content (AvgIpc) is 2.69. The maximum absolute atomic E-state index is 13.8. The summed E-state index contributed by atoms with van der Waals surface area (Å²) in [4.78, 5) is 8.72. The molecule has 1 aromatic carbocycles. The van der Waals surface area contributed by atoms with Crippen molar-refractivity contribution in [1.29, 1.82) is 0 Å². The van der Waals surface area contributed by atoms with E-state index in [0.717, 1.165) is 11.3 Å². The van der Waals surface area contributed by atoms with Crippen LogP contribution in [-0.4, -0.2) is 14.5 Å². The van der Waals surface area contributed by atoms with Crippen LogP contribution in [0.3, 0.4) is 0 Å². The lowest BCUT2D eigenvalue weighted by Crippen LogP contribution is -2.04. The summed E-state index contributed by atoms with van der Waals surface area (Å²) in [6.07, 6.45) is 0. The van der Waals surface area contributed by atoms with Gasteiger partial charge < -0.3 is 5.73 Å². The lowest BCUT2D eigenvalue weighted by atomic mass is 10.2. The number of nitrogens with two attached hydrogens (primary N) is 1. The summed E-state index contributed by atoms with van der Waals surface area (Å²) < 4.78 is 15.9. The molecular formula is C14H12BrFN4. The predicted octanol–water partition coefficient (Wildman–Crippen LogP) is 3.52. The molecular weight excluding hydrogens is 323 g/mol. The van der Waals surface area contributed by atoms with Gasteiger partial charge in [-0.25, -0.2) is 14.4 Å². The lowest BCUT2D eigenvalue weighted by molar-refractivity contribution is 0.619. The second-order valence-corrected chi connectivity index (χ2v) is 5.51. The van der Waals surface area contributed by atoms with Crippen LogP contribution in [-0.2, 0) is 0 Å². The summed E-state index contributed by atoms with van der Waals surface area (Å²) in [5.41, 5.74) is 9.67. The van der Waals surface area contributed by atoms with Crippen LogP contribution in [0, 0.1) is 19.7 Å². The average molecular weight is 335 g/mol. The molecule has 3 rings (SSSR count). The van der Waals surface area contributed by atoms with Crippen molar-refractivity contribution >= 4 is 33.0 Å². The van der Waals surface area contributed by atoms with E-state index in [1.54, 1.807) is 10.6 Å². The van der Waals surface area contributed by atoms with Gasteiger partial charge in [0, 0.05) is 5.69 Å². The van der Waals surface area contributed by atoms with Gasteiger partial charge in [-0.05, 0) is 59.6 Å². The van der Waals surface area contributed by atoms with Gasteiger partial charge in [-0.15, -0.1) is 0 Å². The Labute approximate surface area is 123 Å². The Kier molecular flexibility index (Phi) is 2.97. The summed E-state index contributed by atoms with van der Waals surface area (Å²) in [7, 11) is 0. The number of nitrogen functional groups attached to an aromatic ring is 1. The van der Waals surface area contributed by atoms with Crippen molar-refractivity contribution in [2.75, 3.05) is 5.73 Å². The number of aromatic nitrogens is 3. The first-order chi connectivity index (χ1) is 9.47. The van der Waals surface area contributed by atoms with E-state index in [4.69, 9.17) is 5.73 Å².